The quantitative estimate of drug-likeness (QED) is 0.607. The number of benzene rings is 1. The maximum atomic E-state index is 12.5. The van der Waals surface area contributed by atoms with Crippen LogP contribution in [0.5, 0.6) is 0 Å². The number of rotatable bonds is 0. The Morgan fingerprint density at radius 2 is 2.11 bits per heavy atom. The van der Waals surface area contributed by atoms with E-state index in [1.165, 1.54) is 6.07 Å². The van der Waals surface area contributed by atoms with Gasteiger partial charge in [0.25, 0.3) is 0 Å². The van der Waals surface area contributed by atoms with Gasteiger partial charge in [0.1, 0.15) is 5.82 Å². The van der Waals surface area contributed by atoms with Gasteiger partial charge in [0.05, 0.1) is 0 Å². The average molecular weight is 236 g/mol. The first-order valence-electron chi connectivity index (χ1n) is 2.62. The molecule has 0 saturated carbocycles. The van der Waals surface area contributed by atoms with E-state index in [1.807, 2.05) is 6.07 Å². The van der Waals surface area contributed by atoms with Crippen LogP contribution in [0.3, 0.4) is 0 Å². The van der Waals surface area contributed by atoms with Crippen molar-refractivity contribution in [3.8, 4) is 0 Å². The van der Waals surface area contributed by atoms with Crippen molar-refractivity contribution in [2.45, 2.75) is 6.92 Å². The molecule has 48 valence electrons. The summed E-state index contributed by atoms with van der Waals surface area (Å²) >= 11 is 2.16. The molecule has 0 nitrogen and oxygen atoms in total. The molecular weight excluding hydrogens is 230 g/mol. The van der Waals surface area contributed by atoms with Crippen LogP contribution in [-0.4, -0.2) is 0 Å². The maximum absolute atomic E-state index is 12.5. The van der Waals surface area contributed by atoms with Crippen molar-refractivity contribution >= 4 is 22.6 Å². The lowest BCUT2D eigenvalue weighted by Gasteiger charge is -1.93. The van der Waals surface area contributed by atoms with Crippen molar-refractivity contribution in [1.29, 1.82) is 0 Å². The molecule has 0 aromatic heterocycles. The normalized spacial score (nSPS) is 9.67. The molecule has 0 spiro atoms. The van der Waals surface area contributed by atoms with E-state index in [2.05, 4.69) is 22.6 Å². The van der Waals surface area contributed by atoms with Crippen LogP contribution in [0.1, 0.15) is 5.56 Å². The topological polar surface area (TPSA) is 0 Å². The summed E-state index contributed by atoms with van der Waals surface area (Å²) in [4.78, 5) is 0. The van der Waals surface area contributed by atoms with Crippen molar-refractivity contribution in [3.63, 3.8) is 0 Å². The van der Waals surface area contributed by atoms with Crippen LogP contribution in [0, 0.1) is 16.3 Å². The minimum atomic E-state index is -0.129. The predicted molar refractivity (Wildman–Crippen MR) is 43.9 cm³/mol. The number of aryl methyl sites for hydroxylation is 1. The molecule has 0 heterocycles. The third-order valence-corrected chi connectivity index (χ3v) is 1.79. The fourth-order valence-corrected chi connectivity index (χ4v) is 1.26. The fourth-order valence-electron chi connectivity index (χ4n) is 0.608. The second-order valence-corrected chi connectivity index (χ2v) is 3.14. The maximum Gasteiger partial charge on any atom is 0.126 e. The van der Waals surface area contributed by atoms with E-state index in [0.29, 0.717) is 5.56 Å². The van der Waals surface area contributed by atoms with Gasteiger partial charge in [-0.2, -0.15) is 0 Å². The number of halogens is 2. The summed E-state index contributed by atoms with van der Waals surface area (Å²) in [6.07, 6.45) is 0. The zero-order chi connectivity index (χ0) is 6.85. The minimum Gasteiger partial charge on any atom is -0.207 e. The molecule has 0 aliphatic carbocycles. The Kier molecular flexibility index (Phi) is 2.05. The van der Waals surface area contributed by atoms with Crippen molar-refractivity contribution in [1.82, 2.24) is 0 Å². The second-order valence-electron chi connectivity index (χ2n) is 1.89. The second kappa shape index (κ2) is 2.64. The molecule has 0 fully saturated rings. The van der Waals surface area contributed by atoms with Gasteiger partial charge in [-0.3, -0.25) is 0 Å². The SMILES string of the molecule is Cc1cc(I)ccc1F. The first-order valence-corrected chi connectivity index (χ1v) is 3.69. The molecule has 1 rings (SSSR count). The van der Waals surface area contributed by atoms with Crippen molar-refractivity contribution < 1.29 is 4.39 Å². The molecule has 0 aliphatic rings. The van der Waals surface area contributed by atoms with Crippen LogP contribution >= 0.6 is 22.6 Å². The minimum absolute atomic E-state index is 0.129. The van der Waals surface area contributed by atoms with Crippen LogP contribution in [0.2, 0.25) is 0 Å². The Morgan fingerprint density at radius 1 is 1.44 bits per heavy atom. The molecule has 1 aromatic rings. The van der Waals surface area contributed by atoms with E-state index >= 15 is 0 Å². The van der Waals surface area contributed by atoms with E-state index in [-0.39, 0.29) is 5.82 Å². The standard InChI is InChI=1S/C7H6FI/c1-5-4-6(9)2-3-7(5)8/h2-4H,1H3. The fraction of sp³-hybridized carbons (Fsp3) is 0.143. The van der Waals surface area contributed by atoms with Gasteiger partial charge >= 0.3 is 0 Å². The highest BCUT2D eigenvalue weighted by Gasteiger charge is 1.94. The van der Waals surface area contributed by atoms with Crippen LogP contribution in [0.4, 0.5) is 4.39 Å². The van der Waals surface area contributed by atoms with E-state index in [9.17, 15) is 4.39 Å². The Labute approximate surface area is 67.2 Å². The van der Waals surface area contributed by atoms with E-state index in [1.54, 1.807) is 13.0 Å². The highest BCUT2D eigenvalue weighted by atomic mass is 127. The number of hydrogen-bond acceptors (Lipinski definition) is 0. The van der Waals surface area contributed by atoms with E-state index in [0.717, 1.165) is 3.57 Å². The summed E-state index contributed by atoms with van der Waals surface area (Å²) in [7, 11) is 0. The van der Waals surface area contributed by atoms with E-state index in [4.69, 9.17) is 0 Å². The van der Waals surface area contributed by atoms with Gasteiger partial charge in [-0.15, -0.1) is 0 Å². The summed E-state index contributed by atoms with van der Waals surface area (Å²) in [5.41, 5.74) is 0.710. The molecule has 0 radical (unpaired) electrons. The van der Waals surface area contributed by atoms with Gasteiger partial charge in [-0.1, -0.05) is 0 Å². The highest BCUT2D eigenvalue weighted by Crippen LogP contribution is 2.10. The zero-order valence-corrected chi connectivity index (χ0v) is 7.15. The molecule has 2 heteroatoms. The first-order chi connectivity index (χ1) is 4.20. The molecule has 0 bridgehead atoms. The summed E-state index contributed by atoms with van der Waals surface area (Å²) < 4.78 is 13.6. The summed E-state index contributed by atoms with van der Waals surface area (Å²) in [5.74, 6) is -0.129. The third kappa shape index (κ3) is 1.64. The smallest absolute Gasteiger partial charge is 0.126 e. The van der Waals surface area contributed by atoms with Crippen LogP contribution in [-0.2, 0) is 0 Å². The Bertz CT molecular complexity index is 220. The zero-order valence-electron chi connectivity index (χ0n) is 4.99. The van der Waals surface area contributed by atoms with Crippen molar-refractivity contribution in [2.24, 2.45) is 0 Å². The van der Waals surface area contributed by atoms with Crippen molar-refractivity contribution in [3.05, 3.63) is 33.1 Å². The Hall–Kier alpha value is -0.120. The Morgan fingerprint density at radius 3 is 2.56 bits per heavy atom. The molecule has 0 aliphatic heterocycles. The van der Waals surface area contributed by atoms with Gasteiger partial charge in [0.2, 0.25) is 0 Å². The monoisotopic (exact) mass is 236 g/mol. The molecule has 9 heavy (non-hydrogen) atoms. The first kappa shape index (κ1) is 6.99. The van der Waals surface area contributed by atoms with Gasteiger partial charge < -0.3 is 0 Å². The lowest BCUT2D eigenvalue weighted by molar-refractivity contribution is 0.618. The van der Waals surface area contributed by atoms with Gasteiger partial charge in [-0.25, -0.2) is 4.39 Å². The highest BCUT2D eigenvalue weighted by molar-refractivity contribution is 14.1. The lowest BCUT2D eigenvalue weighted by Crippen LogP contribution is -1.80. The van der Waals surface area contributed by atoms with E-state index < -0.39 is 0 Å². The van der Waals surface area contributed by atoms with Crippen LogP contribution in [0.25, 0.3) is 0 Å². The molecule has 0 N–H and O–H groups in total. The molecule has 0 saturated heterocycles. The number of hydrogen-bond donors (Lipinski definition) is 0. The van der Waals surface area contributed by atoms with Gasteiger partial charge in [0.15, 0.2) is 0 Å². The summed E-state index contributed by atoms with van der Waals surface area (Å²) in [5, 5.41) is 0. The molecule has 0 unspecified atom stereocenters. The van der Waals surface area contributed by atoms with Crippen LogP contribution in [0.15, 0.2) is 18.2 Å². The molecule has 0 atom stereocenters. The third-order valence-electron chi connectivity index (χ3n) is 1.12. The van der Waals surface area contributed by atoms with Crippen molar-refractivity contribution in [2.75, 3.05) is 0 Å². The molecular formula is C7H6FI. The Balaban J connectivity index is 3.17. The average Bonchev–Trinajstić information content (AvgIpc) is 1.80. The molecule has 0 amide bonds. The summed E-state index contributed by atoms with van der Waals surface area (Å²) in [6.45, 7) is 1.76. The molecule has 1 aromatic carbocycles. The summed E-state index contributed by atoms with van der Waals surface area (Å²) in [6, 6.07) is 5.05. The largest absolute Gasteiger partial charge is 0.207 e. The lowest BCUT2D eigenvalue weighted by atomic mass is 10.2. The van der Waals surface area contributed by atoms with Crippen LogP contribution < -0.4 is 0 Å². The predicted octanol–water partition coefficient (Wildman–Crippen LogP) is 2.74. The van der Waals surface area contributed by atoms with Gasteiger partial charge in [-0.05, 0) is 53.3 Å². The van der Waals surface area contributed by atoms with Gasteiger partial charge in [0, 0.05) is 3.57 Å².